The standard InChI is InChI=1S/C18H22N2O/c1-12-8-13(2)10-17(9-12)20-18(21)11-14(3)15-4-6-16(19)7-5-15/h4-10,14H,11,19H2,1-3H3,(H,20,21). The lowest BCUT2D eigenvalue weighted by Gasteiger charge is -2.13. The van der Waals surface area contributed by atoms with Crippen LogP contribution in [-0.2, 0) is 4.79 Å². The van der Waals surface area contributed by atoms with E-state index in [4.69, 9.17) is 5.73 Å². The van der Waals surface area contributed by atoms with Gasteiger partial charge in [-0.1, -0.05) is 25.1 Å². The Kier molecular flexibility index (Phi) is 4.63. The number of carbonyl (C=O) groups excluding carboxylic acids is 1. The molecular formula is C18H22N2O. The number of carbonyl (C=O) groups is 1. The smallest absolute Gasteiger partial charge is 0.224 e. The molecule has 3 heteroatoms. The maximum Gasteiger partial charge on any atom is 0.224 e. The number of anilines is 2. The van der Waals surface area contributed by atoms with E-state index in [1.54, 1.807) is 0 Å². The summed E-state index contributed by atoms with van der Waals surface area (Å²) in [6, 6.07) is 13.7. The van der Waals surface area contributed by atoms with E-state index in [0.717, 1.165) is 28.1 Å². The maximum absolute atomic E-state index is 12.1. The SMILES string of the molecule is Cc1cc(C)cc(NC(=O)CC(C)c2ccc(N)cc2)c1. The maximum atomic E-state index is 12.1. The van der Waals surface area contributed by atoms with Crippen molar-refractivity contribution >= 4 is 17.3 Å². The summed E-state index contributed by atoms with van der Waals surface area (Å²) < 4.78 is 0. The minimum Gasteiger partial charge on any atom is -0.399 e. The van der Waals surface area contributed by atoms with E-state index in [1.807, 2.05) is 57.2 Å². The van der Waals surface area contributed by atoms with E-state index in [1.165, 1.54) is 0 Å². The molecule has 2 aromatic carbocycles. The lowest BCUT2D eigenvalue weighted by atomic mass is 9.97. The van der Waals surface area contributed by atoms with Crippen molar-refractivity contribution in [3.8, 4) is 0 Å². The molecular weight excluding hydrogens is 260 g/mol. The van der Waals surface area contributed by atoms with E-state index in [9.17, 15) is 4.79 Å². The zero-order valence-corrected chi connectivity index (χ0v) is 12.8. The van der Waals surface area contributed by atoms with Gasteiger partial charge in [-0.2, -0.15) is 0 Å². The number of nitrogens with one attached hydrogen (secondary N) is 1. The Morgan fingerprint density at radius 3 is 2.24 bits per heavy atom. The number of hydrogen-bond acceptors (Lipinski definition) is 2. The molecule has 0 bridgehead atoms. The molecule has 3 N–H and O–H groups in total. The highest BCUT2D eigenvalue weighted by molar-refractivity contribution is 5.91. The van der Waals surface area contributed by atoms with Gasteiger partial charge in [-0.3, -0.25) is 4.79 Å². The Balaban J connectivity index is 1.99. The molecule has 1 unspecified atom stereocenters. The van der Waals surface area contributed by atoms with Gasteiger partial charge in [0.05, 0.1) is 0 Å². The number of nitrogen functional groups attached to an aromatic ring is 1. The molecule has 1 atom stereocenters. The van der Waals surface area contributed by atoms with Gasteiger partial charge in [0.25, 0.3) is 0 Å². The van der Waals surface area contributed by atoms with E-state index >= 15 is 0 Å². The Morgan fingerprint density at radius 2 is 1.67 bits per heavy atom. The molecule has 0 heterocycles. The van der Waals surface area contributed by atoms with Gasteiger partial charge in [0.1, 0.15) is 0 Å². The normalized spacial score (nSPS) is 12.0. The zero-order chi connectivity index (χ0) is 15.4. The number of benzene rings is 2. The van der Waals surface area contributed by atoms with Crippen molar-refractivity contribution in [2.24, 2.45) is 0 Å². The highest BCUT2D eigenvalue weighted by atomic mass is 16.1. The number of aryl methyl sites for hydroxylation is 2. The first-order chi connectivity index (χ1) is 9.94. The quantitative estimate of drug-likeness (QED) is 0.832. The molecule has 0 fully saturated rings. The topological polar surface area (TPSA) is 55.1 Å². The fourth-order valence-electron chi connectivity index (χ4n) is 2.48. The zero-order valence-electron chi connectivity index (χ0n) is 12.8. The molecule has 0 aliphatic carbocycles. The summed E-state index contributed by atoms with van der Waals surface area (Å²) in [5.74, 6) is 0.195. The predicted molar refractivity (Wildman–Crippen MR) is 88.4 cm³/mol. The molecule has 2 aromatic rings. The monoisotopic (exact) mass is 282 g/mol. The number of rotatable bonds is 4. The van der Waals surface area contributed by atoms with Crippen molar-refractivity contribution in [1.82, 2.24) is 0 Å². The molecule has 0 aliphatic heterocycles. The van der Waals surface area contributed by atoms with Crippen LogP contribution in [0, 0.1) is 13.8 Å². The van der Waals surface area contributed by atoms with Gasteiger partial charge in [-0.25, -0.2) is 0 Å². The van der Waals surface area contributed by atoms with E-state index in [0.29, 0.717) is 6.42 Å². The number of amides is 1. The van der Waals surface area contributed by atoms with Crippen LogP contribution in [0.4, 0.5) is 11.4 Å². The Labute approximate surface area is 126 Å². The molecule has 21 heavy (non-hydrogen) atoms. The van der Waals surface area contributed by atoms with Crippen LogP contribution < -0.4 is 11.1 Å². The third-order valence-electron chi connectivity index (χ3n) is 3.50. The summed E-state index contributed by atoms with van der Waals surface area (Å²) in [4.78, 5) is 12.1. The number of nitrogens with two attached hydrogens (primary N) is 1. The third-order valence-corrected chi connectivity index (χ3v) is 3.50. The molecule has 1 amide bonds. The second-order valence-corrected chi connectivity index (χ2v) is 5.70. The van der Waals surface area contributed by atoms with Gasteiger partial charge in [-0.15, -0.1) is 0 Å². The largest absolute Gasteiger partial charge is 0.399 e. The molecule has 2 rings (SSSR count). The fraction of sp³-hybridized carbons (Fsp3) is 0.278. The number of hydrogen-bond donors (Lipinski definition) is 2. The average molecular weight is 282 g/mol. The molecule has 0 spiro atoms. The van der Waals surface area contributed by atoms with Crippen LogP contribution in [0.3, 0.4) is 0 Å². The van der Waals surface area contributed by atoms with Crippen molar-refractivity contribution in [3.63, 3.8) is 0 Å². The van der Waals surface area contributed by atoms with E-state index in [-0.39, 0.29) is 11.8 Å². The average Bonchev–Trinajstić information content (AvgIpc) is 2.37. The molecule has 0 radical (unpaired) electrons. The lowest BCUT2D eigenvalue weighted by Crippen LogP contribution is -2.14. The van der Waals surface area contributed by atoms with Gasteiger partial charge in [0, 0.05) is 17.8 Å². The van der Waals surface area contributed by atoms with Crippen LogP contribution in [0.25, 0.3) is 0 Å². The highest BCUT2D eigenvalue weighted by Gasteiger charge is 2.11. The fourth-order valence-corrected chi connectivity index (χ4v) is 2.48. The summed E-state index contributed by atoms with van der Waals surface area (Å²) in [6.07, 6.45) is 0.455. The van der Waals surface area contributed by atoms with Crippen molar-refractivity contribution < 1.29 is 4.79 Å². The van der Waals surface area contributed by atoms with Crippen LogP contribution in [0.15, 0.2) is 42.5 Å². The first-order valence-corrected chi connectivity index (χ1v) is 7.17. The Hall–Kier alpha value is -2.29. The molecule has 0 saturated carbocycles. The van der Waals surface area contributed by atoms with Crippen LogP contribution in [0.5, 0.6) is 0 Å². The Morgan fingerprint density at radius 1 is 1.10 bits per heavy atom. The highest BCUT2D eigenvalue weighted by Crippen LogP contribution is 2.21. The molecule has 3 nitrogen and oxygen atoms in total. The summed E-state index contributed by atoms with van der Waals surface area (Å²) in [5.41, 5.74) is 10.7. The summed E-state index contributed by atoms with van der Waals surface area (Å²) >= 11 is 0. The van der Waals surface area contributed by atoms with Gasteiger partial charge in [0.2, 0.25) is 5.91 Å². The molecule has 110 valence electrons. The van der Waals surface area contributed by atoms with Crippen LogP contribution in [0.2, 0.25) is 0 Å². The van der Waals surface area contributed by atoms with Gasteiger partial charge in [-0.05, 0) is 60.7 Å². The molecule has 0 aliphatic rings. The van der Waals surface area contributed by atoms with Crippen LogP contribution in [-0.4, -0.2) is 5.91 Å². The first kappa shape index (κ1) is 15.1. The van der Waals surface area contributed by atoms with Crippen LogP contribution in [0.1, 0.15) is 36.0 Å². The van der Waals surface area contributed by atoms with Crippen molar-refractivity contribution in [2.75, 3.05) is 11.1 Å². The van der Waals surface area contributed by atoms with Gasteiger partial charge >= 0.3 is 0 Å². The minimum atomic E-state index is 0.0318. The molecule has 0 aromatic heterocycles. The predicted octanol–water partition coefficient (Wildman–Crippen LogP) is 4.02. The second kappa shape index (κ2) is 6.44. The minimum absolute atomic E-state index is 0.0318. The summed E-state index contributed by atoms with van der Waals surface area (Å²) in [7, 11) is 0. The summed E-state index contributed by atoms with van der Waals surface area (Å²) in [6.45, 7) is 6.10. The second-order valence-electron chi connectivity index (χ2n) is 5.70. The van der Waals surface area contributed by atoms with Gasteiger partial charge in [0.15, 0.2) is 0 Å². The first-order valence-electron chi connectivity index (χ1n) is 7.17. The van der Waals surface area contributed by atoms with Gasteiger partial charge < -0.3 is 11.1 Å². The third kappa shape index (κ3) is 4.35. The van der Waals surface area contributed by atoms with E-state index < -0.39 is 0 Å². The van der Waals surface area contributed by atoms with Crippen LogP contribution >= 0.6 is 0 Å². The lowest BCUT2D eigenvalue weighted by molar-refractivity contribution is -0.116. The van der Waals surface area contributed by atoms with Crippen molar-refractivity contribution in [3.05, 3.63) is 59.2 Å². The summed E-state index contributed by atoms with van der Waals surface area (Å²) in [5, 5.41) is 2.97. The Bertz CT molecular complexity index is 612. The van der Waals surface area contributed by atoms with E-state index in [2.05, 4.69) is 11.4 Å². The van der Waals surface area contributed by atoms with Crippen molar-refractivity contribution in [2.45, 2.75) is 33.1 Å². The van der Waals surface area contributed by atoms with Crippen molar-refractivity contribution in [1.29, 1.82) is 0 Å². The molecule has 0 saturated heterocycles.